The second-order valence-electron chi connectivity index (χ2n) is 6.57. The number of nitrogens with zero attached hydrogens (tertiary/aromatic N) is 3. The first-order chi connectivity index (χ1) is 12.1. The number of carbonyl (C=O) groups excluding carboxylic acids is 1. The first kappa shape index (κ1) is 16.3. The molecule has 1 aliphatic heterocycles. The Balaban J connectivity index is 1.68. The second kappa shape index (κ2) is 6.28. The highest BCUT2D eigenvalue weighted by Crippen LogP contribution is 2.30. The lowest BCUT2D eigenvalue weighted by atomic mass is 10.1. The highest BCUT2D eigenvalue weighted by Gasteiger charge is 2.22. The van der Waals surface area contributed by atoms with Crippen LogP contribution in [0.15, 0.2) is 24.3 Å². The van der Waals surface area contributed by atoms with Gasteiger partial charge in [0.25, 0.3) is 5.91 Å². The van der Waals surface area contributed by atoms with Crippen molar-refractivity contribution in [1.29, 1.82) is 0 Å². The van der Waals surface area contributed by atoms with Gasteiger partial charge in [-0.05, 0) is 32.5 Å². The molecule has 0 unspecified atom stereocenters. The van der Waals surface area contributed by atoms with Crippen molar-refractivity contribution < 1.29 is 4.79 Å². The summed E-state index contributed by atoms with van der Waals surface area (Å²) in [6.07, 6.45) is 0.951. The summed E-state index contributed by atoms with van der Waals surface area (Å²) < 4.78 is 2.08. The number of fused-ring (bicyclic) bond motifs is 2. The summed E-state index contributed by atoms with van der Waals surface area (Å²) in [5, 5.41) is 4.88. The Kier molecular flexibility index (Phi) is 4.09. The summed E-state index contributed by atoms with van der Waals surface area (Å²) in [7, 11) is 2.12. The molecule has 0 saturated heterocycles. The number of likely N-dealkylation sites (N-methyl/N-ethyl adjacent to an activating group) is 1. The molecule has 3 aromatic rings. The molecular formula is C19H22N4OS. The zero-order chi connectivity index (χ0) is 17.6. The lowest BCUT2D eigenvalue weighted by Gasteiger charge is -2.20. The van der Waals surface area contributed by atoms with Crippen LogP contribution in [-0.4, -0.2) is 34.0 Å². The molecule has 130 valence electrons. The third-order valence-electron chi connectivity index (χ3n) is 4.90. The van der Waals surface area contributed by atoms with E-state index in [1.165, 1.54) is 4.88 Å². The number of hydrogen-bond donors (Lipinski definition) is 1. The highest BCUT2D eigenvalue weighted by atomic mass is 32.1. The van der Waals surface area contributed by atoms with Crippen molar-refractivity contribution in [2.24, 2.45) is 0 Å². The van der Waals surface area contributed by atoms with Gasteiger partial charge in [-0.15, -0.1) is 11.3 Å². The van der Waals surface area contributed by atoms with Crippen LogP contribution in [0.25, 0.3) is 10.9 Å². The zero-order valence-corrected chi connectivity index (χ0v) is 15.6. The molecule has 1 aliphatic rings. The molecule has 25 heavy (non-hydrogen) atoms. The molecule has 1 amide bonds. The second-order valence-corrected chi connectivity index (χ2v) is 7.65. The molecule has 6 heteroatoms. The standard InChI is InChI=1S/C19H22N4OS/c1-4-23-15-8-6-5-7-13(15)12(2)17(23)18(24)21-19-20-14-9-10-22(3)11-16(14)25-19/h5-8H,4,9-11H2,1-3H3,(H,20,21,24). The van der Waals surface area contributed by atoms with E-state index in [4.69, 9.17) is 0 Å². The molecule has 2 aromatic heterocycles. The molecule has 3 heterocycles. The minimum absolute atomic E-state index is 0.0741. The number of anilines is 1. The Morgan fingerprint density at radius 2 is 2.16 bits per heavy atom. The molecule has 0 bridgehead atoms. The van der Waals surface area contributed by atoms with Crippen LogP contribution >= 0.6 is 11.3 Å². The largest absolute Gasteiger partial charge is 0.337 e. The third-order valence-corrected chi connectivity index (χ3v) is 5.90. The average Bonchev–Trinajstić information content (AvgIpc) is 3.12. The molecule has 5 nitrogen and oxygen atoms in total. The summed E-state index contributed by atoms with van der Waals surface area (Å²) in [4.78, 5) is 21.2. The summed E-state index contributed by atoms with van der Waals surface area (Å²) in [5.74, 6) is -0.0741. The predicted molar refractivity (Wildman–Crippen MR) is 102 cm³/mol. The van der Waals surface area contributed by atoms with E-state index in [9.17, 15) is 4.79 Å². The number of aromatic nitrogens is 2. The number of rotatable bonds is 3. The quantitative estimate of drug-likeness (QED) is 0.781. The van der Waals surface area contributed by atoms with Crippen molar-refractivity contribution in [3.63, 3.8) is 0 Å². The summed E-state index contributed by atoms with van der Waals surface area (Å²) >= 11 is 1.59. The van der Waals surface area contributed by atoms with Crippen LogP contribution in [0.2, 0.25) is 0 Å². The topological polar surface area (TPSA) is 50.2 Å². The number of benzene rings is 1. The van der Waals surface area contributed by atoms with Gasteiger partial charge in [-0.1, -0.05) is 18.2 Å². The van der Waals surface area contributed by atoms with E-state index in [1.807, 2.05) is 19.1 Å². The Morgan fingerprint density at radius 3 is 2.96 bits per heavy atom. The number of nitrogens with one attached hydrogen (secondary N) is 1. The van der Waals surface area contributed by atoms with E-state index in [0.29, 0.717) is 5.13 Å². The maximum atomic E-state index is 13.0. The van der Waals surface area contributed by atoms with Crippen LogP contribution < -0.4 is 5.32 Å². The number of para-hydroxylation sites is 1. The maximum absolute atomic E-state index is 13.0. The molecule has 0 saturated carbocycles. The normalized spacial score (nSPS) is 14.7. The van der Waals surface area contributed by atoms with Gasteiger partial charge in [0, 0.05) is 41.8 Å². The van der Waals surface area contributed by atoms with Gasteiger partial charge >= 0.3 is 0 Å². The molecule has 0 fully saturated rings. The van der Waals surface area contributed by atoms with Gasteiger partial charge in [0.1, 0.15) is 5.69 Å². The van der Waals surface area contributed by atoms with Gasteiger partial charge in [-0.3, -0.25) is 10.1 Å². The number of carbonyl (C=O) groups is 1. The van der Waals surface area contributed by atoms with Crippen LogP contribution in [0.1, 0.15) is 33.5 Å². The van der Waals surface area contributed by atoms with Crippen LogP contribution in [0, 0.1) is 6.92 Å². The monoisotopic (exact) mass is 354 g/mol. The smallest absolute Gasteiger partial charge is 0.274 e. The van der Waals surface area contributed by atoms with E-state index in [0.717, 1.165) is 53.9 Å². The van der Waals surface area contributed by atoms with Crippen LogP contribution in [-0.2, 0) is 19.5 Å². The van der Waals surface area contributed by atoms with E-state index < -0.39 is 0 Å². The fourth-order valence-electron chi connectivity index (χ4n) is 3.63. The molecule has 0 spiro atoms. The highest BCUT2D eigenvalue weighted by molar-refractivity contribution is 7.15. The Bertz CT molecular complexity index is 956. The Hall–Kier alpha value is -2.18. The van der Waals surface area contributed by atoms with Crippen molar-refractivity contribution in [1.82, 2.24) is 14.5 Å². The van der Waals surface area contributed by atoms with E-state index in [1.54, 1.807) is 11.3 Å². The van der Waals surface area contributed by atoms with E-state index in [2.05, 4.69) is 45.9 Å². The van der Waals surface area contributed by atoms with Crippen molar-refractivity contribution >= 4 is 33.3 Å². The van der Waals surface area contributed by atoms with Crippen molar-refractivity contribution in [3.8, 4) is 0 Å². The first-order valence-electron chi connectivity index (χ1n) is 8.64. The number of hydrogen-bond acceptors (Lipinski definition) is 4. The maximum Gasteiger partial charge on any atom is 0.274 e. The minimum Gasteiger partial charge on any atom is -0.337 e. The third kappa shape index (κ3) is 2.75. The predicted octanol–water partition coefficient (Wildman–Crippen LogP) is 3.67. The molecule has 0 aliphatic carbocycles. The Labute approximate surface area is 151 Å². The van der Waals surface area contributed by atoms with Crippen LogP contribution in [0.3, 0.4) is 0 Å². The van der Waals surface area contributed by atoms with E-state index in [-0.39, 0.29) is 5.91 Å². The fourth-order valence-corrected chi connectivity index (χ4v) is 4.71. The van der Waals surface area contributed by atoms with Crippen LogP contribution in [0.5, 0.6) is 0 Å². The molecule has 0 atom stereocenters. The van der Waals surface area contributed by atoms with Gasteiger partial charge in [-0.25, -0.2) is 4.98 Å². The number of aryl methyl sites for hydroxylation is 2. The number of amides is 1. The molecule has 0 radical (unpaired) electrons. The zero-order valence-electron chi connectivity index (χ0n) is 14.8. The fraction of sp³-hybridized carbons (Fsp3) is 0.368. The molecule has 1 aromatic carbocycles. The summed E-state index contributed by atoms with van der Waals surface area (Å²) in [6.45, 7) is 6.78. The summed E-state index contributed by atoms with van der Waals surface area (Å²) in [5.41, 5.74) is 3.99. The van der Waals surface area contributed by atoms with Crippen molar-refractivity contribution in [2.75, 3.05) is 18.9 Å². The van der Waals surface area contributed by atoms with Crippen LogP contribution in [0.4, 0.5) is 5.13 Å². The molecular weight excluding hydrogens is 332 g/mol. The molecule has 1 N–H and O–H groups in total. The van der Waals surface area contributed by atoms with Crippen molar-refractivity contribution in [2.45, 2.75) is 33.4 Å². The summed E-state index contributed by atoms with van der Waals surface area (Å²) in [6, 6.07) is 8.18. The first-order valence-corrected chi connectivity index (χ1v) is 9.46. The van der Waals surface area contributed by atoms with Crippen molar-refractivity contribution in [3.05, 3.63) is 46.1 Å². The average molecular weight is 354 g/mol. The number of thiazole rings is 1. The van der Waals surface area contributed by atoms with Gasteiger partial charge in [0.05, 0.1) is 5.69 Å². The lowest BCUT2D eigenvalue weighted by molar-refractivity contribution is 0.101. The SMILES string of the molecule is CCn1c(C(=O)Nc2nc3c(s2)CN(C)CC3)c(C)c2ccccc21. The molecule has 4 rings (SSSR count). The van der Waals surface area contributed by atoms with Gasteiger partial charge in [0.15, 0.2) is 5.13 Å². The van der Waals surface area contributed by atoms with E-state index >= 15 is 0 Å². The minimum atomic E-state index is -0.0741. The Morgan fingerprint density at radius 1 is 1.36 bits per heavy atom. The van der Waals surface area contributed by atoms with Gasteiger partial charge in [0.2, 0.25) is 0 Å². The van der Waals surface area contributed by atoms with Gasteiger partial charge < -0.3 is 9.47 Å². The lowest BCUT2D eigenvalue weighted by Crippen LogP contribution is -2.25. The van der Waals surface area contributed by atoms with Gasteiger partial charge in [-0.2, -0.15) is 0 Å².